The molecule has 0 aliphatic rings. The third kappa shape index (κ3) is 3.18. The van der Waals surface area contributed by atoms with Crippen LogP contribution in [0.15, 0.2) is 84.2 Å². The van der Waals surface area contributed by atoms with Gasteiger partial charge < -0.3 is 10.8 Å². The van der Waals surface area contributed by atoms with E-state index in [0.717, 1.165) is 37.3 Å². The van der Waals surface area contributed by atoms with E-state index >= 15 is 0 Å². The Bertz CT molecular complexity index is 1370. The van der Waals surface area contributed by atoms with Gasteiger partial charge in [-0.1, -0.05) is 54.6 Å². The van der Waals surface area contributed by atoms with Crippen molar-refractivity contribution in [2.24, 2.45) is 0 Å². The van der Waals surface area contributed by atoms with Gasteiger partial charge in [-0.2, -0.15) is 0 Å². The van der Waals surface area contributed by atoms with E-state index < -0.39 is 0 Å². The minimum absolute atomic E-state index is 0.0163. The fourth-order valence-corrected chi connectivity index (χ4v) is 5.51. The Morgan fingerprint density at radius 3 is 2.30 bits per heavy atom. The maximum absolute atomic E-state index is 13.3. The van der Waals surface area contributed by atoms with E-state index in [1.165, 1.54) is 22.7 Å². The molecule has 0 radical (unpaired) electrons. The minimum Gasteiger partial charge on any atom is -0.508 e. The van der Waals surface area contributed by atoms with Gasteiger partial charge in [0.2, 0.25) is 5.78 Å². The van der Waals surface area contributed by atoms with E-state index in [9.17, 15) is 9.90 Å². The molecule has 0 amide bonds. The Hall–Kier alpha value is -3.41. The summed E-state index contributed by atoms with van der Waals surface area (Å²) in [6.45, 7) is 0. The smallest absolute Gasteiger partial charge is 0.203 e. The largest absolute Gasteiger partial charge is 0.508 e. The summed E-state index contributed by atoms with van der Waals surface area (Å²) in [5.41, 5.74) is 10.7. The van der Waals surface area contributed by atoms with Crippen LogP contribution in [0.1, 0.15) is 15.2 Å². The Morgan fingerprint density at radius 1 is 0.867 bits per heavy atom. The van der Waals surface area contributed by atoms with E-state index in [-0.39, 0.29) is 11.5 Å². The van der Waals surface area contributed by atoms with Crippen molar-refractivity contribution in [3.8, 4) is 28.0 Å². The topological polar surface area (TPSA) is 63.3 Å². The molecule has 0 saturated carbocycles. The van der Waals surface area contributed by atoms with Crippen LogP contribution in [0.2, 0.25) is 0 Å². The van der Waals surface area contributed by atoms with Gasteiger partial charge in [0.25, 0.3) is 0 Å². The van der Waals surface area contributed by atoms with E-state index in [1.807, 2.05) is 72.1 Å². The van der Waals surface area contributed by atoms with Gasteiger partial charge >= 0.3 is 0 Å². The van der Waals surface area contributed by atoms with Crippen molar-refractivity contribution in [2.45, 2.75) is 0 Å². The van der Waals surface area contributed by atoms with Crippen LogP contribution < -0.4 is 5.73 Å². The zero-order valence-corrected chi connectivity index (χ0v) is 17.5. The van der Waals surface area contributed by atoms with Crippen LogP contribution in [-0.4, -0.2) is 10.9 Å². The molecular weight excluding hydrogens is 410 g/mol. The molecule has 5 aromatic rings. The normalized spacial score (nSPS) is 11.1. The summed E-state index contributed by atoms with van der Waals surface area (Å²) in [4.78, 5) is 14.0. The lowest BCUT2D eigenvalue weighted by Crippen LogP contribution is -2.00. The molecule has 3 N–H and O–H groups in total. The number of carbonyl (C=O) groups excluding carboxylic acids is 1. The number of phenolic OH excluding ortho intramolecular Hbond substituents is 1. The molecule has 3 aromatic carbocycles. The summed E-state index contributed by atoms with van der Waals surface area (Å²) in [5, 5.41) is 13.7. The number of carbonyl (C=O) groups is 1. The zero-order valence-electron chi connectivity index (χ0n) is 15.8. The van der Waals surface area contributed by atoms with Crippen molar-refractivity contribution in [2.75, 3.05) is 5.73 Å². The van der Waals surface area contributed by atoms with Gasteiger partial charge in [0, 0.05) is 26.8 Å². The monoisotopic (exact) mass is 427 g/mol. The maximum Gasteiger partial charge on any atom is 0.203 e. The molecule has 2 heterocycles. The number of fused-ring (bicyclic) bond motifs is 1. The molecule has 146 valence electrons. The summed E-state index contributed by atoms with van der Waals surface area (Å²) < 4.78 is 0.885. The third-order valence-corrected chi connectivity index (χ3v) is 6.99. The number of aromatic hydroxyl groups is 1. The average molecular weight is 428 g/mol. The van der Waals surface area contributed by atoms with E-state index in [2.05, 4.69) is 0 Å². The minimum atomic E-state index is -0.0163. The second-order valence-corrected chi connectivity index (χ2v) is 8.96. The molecule has 5 rings (SSSR count). The number of benzene rings is 3. The van der Waals surface area contributed by atoms with Gasteiger partial charge in [0.15, 0.2) is 0 Å². The van der Waals surface area contributed by atoms with Crippen LogP contribution in [-0.2, 0) is 0 Å². The summed E-state index contributed by atoms with van der Waals surface area (Å²) in [7, 11) is 0. The highest BCUT2D eigenvalue weighted by Gasteiger charge is 2.21. The number of hydrogen-bond donors (Lipinski definition) is 2. The van der Waals surface area contributed by atoms with Crippen molar-refractivity contribution in [1.29, 1.82) is 0 Å². The lowest BCUT2D eigenvalue weighted by Gasteiger charge is -2.07. The lowest BCUT2D eigenvalue weighted by molar-refractivity contribution is 0.104. The highest BCUT2D eigenvalue weighted by Crippen LogP contribution is 2.42. The van der Waals surface area contributed by atoms with Crippen molar-refractivity contribution in [1.82, 2.24) is 0 Å². The predicted molar refractivity (Wildman–Crippen MR) is 127 cm³/mol. The molecule has 0 aliphatic carbocycles. The standard InChI is InChI=1S/C25H17NO2S2/c26-25-19(12-13-29-25)15-6-8-16(9-7-15)22-20-11-10-18(27)14-21(20)30-24(22)23(28)17-4-2-1-3-5-17/h1-14,27H,26H2. The molecule has 0 fully saturated rings. The first kappa shape index (κ1) is 18.6. The van der Waals surface area contributed by atoms with Crippen LogP contribution in [0.3, 0.4) is 0 Å². The highest BCUT2D eigenvalue weighted by atomic mass is 32.1. The molecule has 0 spiro atoms. The fraction of sp³-hybridized carbons (Fsp3) is 0. The number of nitrogen functional groups attached to an aromatic ring is 1. The average Bonchev–Trinajstić information content (AvgIpc) is 3.37. The van der Waals surface area contributed by atoms with E-state index in [1.54, 1.807) is 12.1 Å². The number of phenols is 1. The second-order valence-electron chi connectivity index (χ2n) is 6.96. The Labute approximate surface area is 181 Å². The number of nitrogens with two attached hydrogens (primary N) is 1. The number of anilines is 1. The van der Waals surface area contributed by atoms with E-state index in [0.29, 0.717) is 10.4 Å². The molecule has 0 aliphatic heterocycles. The van der Waals surface area contributed by atoms with Gasteiger partial charge in [-0.15, -0.1) is 22.7 Å². The summed E-state index contributed by atoms with van der Waals surface area (Å²) in [5.74, 6) is 0.176. The van der Waals surface area contributed by atoms with Crippen LogP contribution in [0.5, 0.6) is 5.75 Å². The van der Waals surface area contributed by atoms with Crippen LogP contribution in [0.25, 0.3) is 32.3 Å². The molecule has 5 heteroatoms. The van der Waals surface area contributed by atoms with Gasteiger partial charge in [0.1, 0.15) is 5.75 Å². The predicted octanol–water partition coefficient (Wildman–Crippen LogP) is 6.82. The number of thiophene rings is 2. The van der Waals surface area contributed by atoms with Crippen LogP contribution in [0.4, 0.5) is 5.00 Å². The molecule has 0 saturated heterocycles. The SMILES string of the molecule is Nc1sccc1-c1ccc(-c2c(C(=O)c3ccccc3)sc3cc(O)ccc23)cc1. The number of hydrogen-bond acceptors (Lipinski definition) is 5. The number of rotatable bonds is 4. The van der Waals surface area contributed by atoms with Crippen LogP contribution in [0, 0.1) is 0 Å². The third-order valence-electron chi connectivity index (χ3n) is 5.10. The molecule has 2 aromatic heterocycles. The summed E-state index contributed by atoms with van der Waals surface area (Å²) in [6.07, 6.45) is 0. The molecular formula is C25H17NO2S2. The quantitative estimate of drug-likeness (QED) is 0.310. The maximum atomic E-state index is 13.3. The second kappa shape index (κ2) is 7.44. The first-order valence-electron chi connectivity index (χ1n) is 9.41. The summed E-state index contributed by atoms with van der Waals surface area (Å²) in [6, 6.07) is 24.7. The van der Waals surface area contributed by atoms with Crippen molar-refractivity contribution < 1.29 is 9.90 Å². The number of ketones is 1. The fourth-order valence-electron chi connectivity index (χ4n) is 3.63. The van der Waals surface area contributed by atoms with Crippen molar-refractivity contribution in [3.63, 3.8) is 0 Å². The first-order chi connectivity index (χ1) is 14.6. The molecule has 3 nitrogen and oxygen atoms in total. The molecule has 0 atom stereocenters. The first-order valence-corrected chi connectivity index (χ1v) is 11.1. The van der Waals surface area contributed by atoms with Gasteiger partial charge in [-0.05, 0) is 40.8 Å². The van der Waals surface area contributed by atoms with Gasteiger partial charge in [-0.25, -0.2) is 0 Å². The molecule has 0 unspecified atom stereocenters. The lowest BCUT2D eigenvalue weighted by atomic mass is 9.96. The molecule has 30 heavy (non-hydrogen) atoms. The van der Waals surface area contributed by atoms with Gasteiger partial charge in [-0.3, -0.25) is 4.79 Å². The zero-order chi connectivity index (χ0) is 20.7. The van der Waals surface area contributed by atoms with E-state index in [4.69, 9.17) is 5.73 Å². The van der Waals surface area contributed by atoms with Crippen LogP contribution >= 0.6 is 22.7 Å². The van der Waals surface area contributed by atoms with Crippen molar-refractivity contribution >= 4 is 43.5 Å². The highest BCUT2D eigenvalue weighted by molar-refractivity contribution is 7.21. The summed E-state index contributed by atoms with van der Waals surface area (Å²) >= 11 is 2.93. The van der Waals surface area contributed by atoms with Crippen molar-refractivity contribution in [3.05, 3.63) is 94.7 Å². The van der Waals surface area contributed by atoms with Gasteiger partial charge in [0.05, 0.1) is 9.88 Å². The Balaban J connectivity index is 1.68. The Kier molecular flexibility index (Phi) is 4.62. The Morgan fingerprint density at radius 2 is 1.60 bits per heavy atom. The molecule has 0 bridgehead atoms.